The number of aromatic hydroxyl groups is 1. The Balaban J connectivity index is 0.000000201. The number of fused-ring (bicyclic) bond motifs is 2. The summed E-state index contributed by atoms with van der Waals surface area (Å²) >= 11 is 0. The number of rotatable bonds is 10. The van der Waals surface area contributed by atoms with Crippen LogP contribution in [0.2, 0.25) is 0 Å². The van der Waals surface area contributed by atoms with Gasteiger partial charge >= 0.3 is 0 Å². The number of hydrogen-bond acceptors (Lipinski definition) is 4. The molecule has 0 spiro atoms. The zero-order valence-corrected chi connectivity index (χ0v) is 25.5. The molecule has 1 N–H and O–H groups in total. The number of phenols is 1. The van der Waals surface area contributed by atoms with Crippen LogP contribution in [0.4, 0.5) is 8.78 Å². The molecule has 0 aliphatic heterocycles. The van der Waals surface area contributed by atoms with Crippen molar-refractivity contribution in [2.45, 2.75) is 39.8 Å². The zero-order chi connectivity index (χ0) is 30.4. The number of phenolic OH excluding ortho intramolecular Hbond substituents is 1. The molecular formula is C34H42F2N4O2. The summed E-state index contributed by atoms with van der Waals surface area (Å²) < 4.78 is 37.6. The third-order valence-electron chi connectivity index (χ3n) is 7.30. The first-order chi connectivity index (χ1) is 20.1. The Bertz CT molecular complexity index is 1620. The average molecular weight is 577 g/mol. The minimum Gasteiger partial charge on any atom is -0.507 e. The van der Waals surface area contributed by atoms with Crippen molar-refractivity contribution in [2.75, 3.05) is 41.3 Å². The molecular weight excluding hydrogens is 534 g/mol. The summed E-state index contributed by atoms with van der Waals surface area (Å²) in [4.78, 5) is 4.24. The quantitative estimate of drug-likeness (QED) is 0.189. The number of halogens is 2. The van der Waals surface area contributed by atoms with Crippen molar-refractivity contribution >= 4 is 21.8 Å². The van der Waals surface area contributed by atoms with Gasteiger partial charge < -0.3 is 28.8 Å². The number of hydrogen-bond donors (Lipinski definition) is 1. The predicted octanol–water partition coefficient (Wildman–Crippen LogP) is 7.31. The van der Waals surface area contributed by atoms with Gasteiger partial charge in [0.15, 0.2) is 0 Å². The summed E-state index contributed by atoms with van der Waals surface area (Å²) in [6.07, 6.45) is 5.86. The fourth-order valence-electron chi connectivity index (χ4n) is 5.18. The minimum absolute atomic E-state index is 0.0333. The second-order valence-corrected chi connectivity index (χ2v) is 11.0. The van der Waals surface area contributed by atoms with Crippen molar-refractivity contribution in [1.29, 1.82) is 0 Å². The van der Waals surface area contributed by atoms with E-state index in [1.807, 2.05) is 62.1 Å². The maximum Gasteiger partial charge on any atom is 0.140 e. The molecule has 2 heterocycles. The van der Waals surface area contributed by atoms with Crippen LogP contribution in [0.15, 0.2) is 67.0 Å². The molecule has 0 saturated carbocycles. The van der Waals surface area contributed by atoms with E-state index in [0.29, 0.717) is 11.5 Å². The van der Waals surface area contributed by atoms with E-state index < -0.39 is 5.82 Å². The molecule has 0 fully saturated rings. The summed E-state index contributed by atoms with van der Waals surface area (Å²) in [5.74, 6) is 0.655. The van der Waals surface area contributed by atoms with Crippen molar-refractivity contribution in [3.63, 3.8) is 0 Å². The van der Waals surface area contributed by atoms with Gasteiger partial charge in [0.1, 0.15) is 28.9 Å². The molecule has 6 nitrogen and oxygen atoms in total. The molecule has 3 aromatic carbocycles. The Morgan fingerprint density at radius 3 is 1.74 bits per heavy atom. The molecule has 0 saturated heterocycles. The lowest BCUT2D eigenvalue weighted by molar-refractivity contribution is 0.413. The first kappa shape index (κ1) is 31.1. The molecule has 224 valence electrons. The third kappa shape index (κ3) is 7.30. The summed E-state index contributed by atoms with van der Waals surface area (Å²) in [5.41, 5.74) is 3.91. The smallest absolute Gasteiger partial charge is 0.140 e. The molecule has 0 amide bonds. The zero-order valence-electron chi connectivity index (χ0n) is 25.5. The summed E-state index contributed by atoms with van der Waals surface area (Å²) in [7, 11) is 8.14. The standard InChI is InChI=1S/C20H23FN2O.C14H19FN2O/c1-4-23-14-15(10-11-22(2)3)20-18(23)12-16(21)13-19(20)24-17-8-6-5-7-9-17;1-4-17-9-10(5-6-16(2)3)14-12(17)7-11(15)8-13(14)18/h5-9,12-14H,4,10-11H2,1-3H3;7-9,18H,4-6H2,1-3H3. The highest BCUT2D eigenvalue weighted by molar-refractivity contribution is 5.91. The van der Waals surface area contributed by atoms with Gasteiger partial charge in [-0.3, -0.25) is 0 Å². The van der Waals surface area contributed by atoms with Crippen molar-refractivity contribution in [1.82, 2.24) is 18.9 Å². The minimum atomic E-state index is -0.396. The molecule has 0 bridgehead atoms. The highest BCUT2D eigenvalue weighted by atomic mass is 19.1. The van der Waals surface area contributed by atoms with E-state index >= 15 is 0 Å². The molecule has 0 aliphatic rings. The van der Waals surface area contributed by atoms with Gasteiger partial charge in [0.2, 0.25) is 0 Å². The maximum atomic E-state index is 14.1. The van der Waals surface area contributed by atoms with Gasteiger partial charge in [-0.15, -0.1) is 0 Å². The lowest BCUT2D eigenvalue weighted by Crippen LogP contribution is -2.14. The van der Waals surface area contributed by atoms with E-state index in [9.17, 15) is 13.9 Å². The van der Waals surface area contributed by atoms with Gasteiger partial charge in [-0.25, -0.2) is 8.78 Å². The lowest BCUT2D eigenvalue weighted by atomic mass is 10.1. The Morgan fingerprint density at radius 2 is 1.21 bits per heavy atom. The van der Waals surface area contributed by atoms with Crippen molar-refractivity contribution in [2.24, 2.45) is 0 Å². The monoisotopic (exact) mass is 576 g/mol. The number of aryl methyl sites for hydroxylation is 2. The van der Waals surface area contributed by atoms with Crippen molar-refractivity contribution < 1.29 is 18.6 Å². The number of para-hydroxylation sites is 1. The lowest BCUT2D eigenvalue weighted by Gasteiger charge is -2.11. The Hall–Kier alpha value is -3.88. The van der Waals surface area contributed by atoms with Crippen LogP contribution in [0.25, 0.3) is 21.8 Å². The van der Waals surface area contributed by atoms with E-state index in [0.717, 1.165) is 66.4 Å². The largest absolute Gasteiger partial charge is 0.507 e. The molecule has 5 rings (SSSR count). The van der Waals surface area contributed by atoms with Crippen LogP contribution in [-0.2, 0) is 25.9 Å². The first-order valence-electron chi connectivity index (χ1n) is 14.4. The van der Waals surface area contributed by atoms with Crippen LogP contribution in [0.5, 0.6) is 17.2 Å². The number of benzene rings is 3. The summed E-state index contributed by atoms with van der Waals surface area (Å²) in [6, 6.07) is 15.3. The molecule has 42 heavy (non-hydrogen) atoms. The molecule has 0 radical (unpaired) electrons. The molecule has 0 aliphatic carbocycles. The van der Waals surface area contributed by atoms with Crippen LogP contribution >= 0.6 is 0 Å². The second-order valence-electron chi connectivity index (χ2n) is 11.0. The number of nitrogens with zero attached hydrogens (tertiary/aromatic N) is 4. The number of likely N-dealkylation sites (N-methyl/N-ethyl adjacent to an activating group) is 2. The fourth-order valence-corrected chi connectivity index (χ4v) is 5.18. The maximum absolute atomic E-state index is 14.1. The molecule has 0 unspecified atom stereocenters. The highest BCUT2D eigenvalue weighted by Gasteiger charge is 2.16. The van der Waals surface area contributed by atoms with Gasteiger partial charge in [0.25, 0.3) is 0 Å². The number of aromatic nitrogens is 2. The van der Waals surface area contributed by atoms with Gasteiger partial charge in [0.05, 0.1) is 11.0 Å². The average Bonchev–Trinajstić information content (AvgIpc) is 3.49. The molecule has 5 aromatic rings. The highest BCUT2D eigenvalue weighted by Crippen LogP contribution is 2.35. The van der Waals surface area contributed by atoms with E-state index in [4.69, 9.17) is 4.74 Å². The molecule has 2 aromatic heterocycles. The third-order valence-corrected chi connectivity index (χ3v) is 7.30. The number of ether oxygens (including phenoxy) is 1. The summed E-state index contributed by atoms with van der Waals surface area (Å²) in [6.45, 7) is 7.48. The van der Waals surface area contributed by atoms with Crippen molar-refractivity contribution in [3.05, 3.63) is 89.8 Å². The van der Waals surface area contributed by atoms with E-state index in [1.54, 1.807) is 6.07 Å². The Morgan fingerprint density at radius 1 is 0.714 bits per heavy atom. The SMILES string of the molecule is CCn1cc(CCN(C)C)c2c(O)cc(F)cc21.CCn1cc(CCN(C)C)c2c(Oc3ccccc3)cc(F)cc21. The summed E-state index contributed by atoms with van der Waals surface area (Å²) in [5, 5.41) is 11.7. The van der Waals surface area contributed by atoms with Gasteiger partial charge in [-0.1, -0.05) is 18.2 Å². The first-order valence-corrected chi connectivity index (χ1v) is 14.4. The Kier molecular flexibility index (Phi) is 10.2. The van der Waals surface area contributed by atoms with Crippen LogP contribution in [0.3, 0.4) is 0 Å². The Labute approximate surface area is 247 Å². The van der Waals surface area contributed by atoms with Crippen LogP contribution in [-0.4, -0.2) is 65.3 Å². The van der Waals surface area contributed by atoms with Gasteiger partial charge in [-0.2, -0.15) is 0 Å². The van der Waals surface area contributed by atoms with E-state index in [-0.39, 0.29) is 11.6 Å². The van der Waals surface area contributed by atoms with E-state index in [1.165, 1.54) is 23.8 Å². The predicted molar refractivity (Wildman–Crippen MR) is 168 cm³/mol. The fraction of sp³-hybridized carbons (Fsp3) is 0.353. The van der Waals surface area contributed by atoms with E-state index in [2.05, 4.69) is 41.6 Å². The van der Waals surface area contributed by atoms with Crippen LogP contribution in [0, 0.1) is 11.6 Å². The van der Waals surface area contributed by atoms with Gasteiger partial charge in [-0.05, 0) is 90.3 Å². The van der Waals surface area contributed by atoms with Gasteiger partial charge in [0, 0.05) is 61.5 Å². The molecule has 8 heteroatoms. The second kappa shape index (κ2) is 13.9. The normalized spacial score (nSPS) is 11.5. The topological polar surface area (TPSA) is 45.8 Å². The molecule has 0 atom stereocenters. The van der Waals surface area contributed by atoms with Crippen LogP contribution in [0.1, 0.15) is 25.0 Å². The van der Waals surface area contributed by atoms with Crippen molar-refractivity contribution in [3.8, 4) is 17.2 Å². The van der Waals surface area contributed by atoms with Crippen LogP contribution < -0.4 is 4.74 Å².